The van der Waals surface area contributed by atoms with Crippen molar-refractivity contribution in [1.29, 1.82) is 0 Å². The fraction of sp³-hybridized carbons (Fsp3) is 0.476. The van der Waals surface area contributed by atoms with Gasteiger partial charge in [0.2, 0.25) is 5.91 Å². The second kappa shape index (κ2) is 12.1. The van der Waals surface area contributed by atoms with E-state index < -0.39 is 5.97 Å². The first-order chi connectivity index (χ1) is 14.0. The SMILES string of the molecule is CCCCCOc1ccc(CNC(=O)Cc2nc(CC(=O)[O-])cs2)cc1OCC. The zero-order valence-electron chi connectivity index (χ0n) is 16.9. The van der Waals surface area contributed by atoms with Gasteiger partial charge in [-0.25, -0.2) is 4.98 Å². The largest absolute Gasteiger partial charge is 0.550 e. The van der Waals surface area contributed by atoms with Crippen LogP contribution in [0.15, 0.2) is 23.6 Å². The molecule has 1 aromatic carbocycles. The minimum atomic E-state index is -1.19. The van der Waals surface area contributed by atoms with Crippen molar-refractivity contribution in [3.63, 3.8) is 0 Å². The van der Waals surface area contributed by atoms with E-state index in [1.807, 2.05) is 25.1 Å². The van der Waals surface area contributed by atoms with Crippen molar-refractivity contribution < 1.29 is 24.2 Å². The van der Waals surface area contributed by atoms with Crippen LogP contribution in [0.3, 0.4) is 0 Å². The molecule has 0 aliphatic rings. The maximum Gasteiger partial charge on any atom is 0.227 e. The third kappa shape index (κ3) is 8.11. The number of carboxylic acid groups (broad SMARTS) is 1. The van der Waals surface area contributed by atoms with Crippen LogP contribution in [-0.4, -0.2) is 30.1 Å². The van der Waals surface area contributed by atoms with Crippen molar-refractivity contribution in [3.05, 3.63) is 39.8 Å². The smallest absolute Gasteiger partial charge is 0.227 e. The fourth-order valence-electron chi connectivity index (χ4n) is 2.64. The average Bonchev–Trinajstić information content (AvgIpc) is 3.11. The van der Waals surface area contributed by atoms with E-state index in [0.717, 1.165) is 24.8 Å². The lowest BCUT2D eigenvalue weighted by molar-refractivity contribution is -0.304. The van der Waals surface area contributed by atoms with E-state index in [1.54, 1.807) is 5.38 Å². The molecule has 0 atom stereocenters. The van der Waals surface area contributed by atoms with Crippen LogP contribution in [-0.2, 0) is 29.0 Å². The van der Waals surface area contributed by atoms with Gasteiger partial charge in [-0.1, -0.05) is 25.8 Å². The Morgan fingerprint density at radius 1 is 1.14 bits per heavy atom. The van der Waals surface area contributed by atoms with E-state index >= 15 is 0 Å². The summed E-state index contributed by atoms with van der Waals surface area (Å²) in [6, 6.07) is 5.64. The average molecular weight is 420 g/mol. The third-order valence-electron chi connectivity index (χ3n) is 4.04. The first-order valence-electron chi connectivity index (χ1n) is 9.80. The molecule has 0 unspecified atom stereocenters. The van der Waals surface area contributed by atoms with E-state index in [4.69, 9.17) is 9.47 Å². The second-order valence-electron chi connectivity index (χ2n) is 6.50. The molecular formula is C21H27N2O5S-. The van der Waals surface area contributed by atoms with Crippen molar-refractivity contribution in [2.75, 3.05) is 13.2 Å². The molecule has 2 rings (SSSR count). The van der Waals surface area contributed by atoms with Gasteiger partial charge < -0.3 is 24.7 Å². The van der Waals surface area contributed by atoms with E-state index in [2.05, 4.69) is 17.2 Å². The molecule has 0 bridgehead atoms. The molecule has 1 amide bonds. The van der Waals surface area contributed by atoms with Gasteiger partial charge in [0, 0.05) is 24.3 Å². The number of thiazole rings is 1. The molecule has 0 saturated carbocycles. The molecule has 0 spiro atoms. The molecule has 1 aromatic heterocycles. The van der Waals surface area contributed by atoms with Crippen molar-refractivity contribution in [2.45, 2.75) is 52.5 Å². The number of aliphatic carboxylic acids is 1. The lowest BCUT2D eigenvalue weighted by Gasteiger charge is -2.13. The Morgan fingerprint density at radius 2 is 1.97 bits per heavy atom. The highest BCUT2D eigenvalue weighted by Crippen LogP contribution is 2.28. The standard InChI is InChI=1S/C21H28N2O5S/c1-3-5-6-9-28-17-8-7-15(10-18(17)27-4-2)13-22-19(24)12-20-23-16(14-29-20)11-21(25)26/h7-8,10,14H,3-6,9,11-13H2,1-2H3,(H,22,24)(H,25,26)/p-1. The molecule has 29 heavy (non-hydrogen) atoms. The van der Waals surface area contributed by atoms with Crippen LogP contribution in [0.4, 0.5) is 0 Å². The van der Waals surface area contributed by atoms with Gasteiger partial charge in [-0.15, -0.1) is 11.3 Å². The van der Waals surface area contributed by atoms with Crippen LogP contribution in [0.25, 0.3) is 0 Å². The molecule has 0 fully saturated rings. The van der Waals surface area contributed by atoms with Crippen LogP contribution in [0.1, 0.15) is 49.4 Å². The predicted molar refractivity (Wildman–Crippen MR) is 109 cm³/mol. The summed E-state index contributed by atoms with van der Waals surface area (Å²) in [5.41, 5.74) is 1.31. The summed E-state index contributed by atoms with van der Waals surface area (Å²) >= 11 is 1.26. The van der Waals surface area contributed by atoms with Crippen LogP contribution < -0.4 is 19.9 Å². The number of ether oxygens (including phenoxy) is 2. The third-order valence-corrected chi connectivity index (χ3v) is 4.94. The van der Waals surface area contributed by atoms with Crippen LogP contribution in [0.2, 0.25) is 0 Å². The Balaban J connectivity index is 1.88. The lowest BCUT2D eigenvalue weighted by atomic mass is 10.2. The Labute approximate surface area is 175 Å². The highest BCUT2D eigenvalue weighted by atomic mass is 32.1. The monoisotopic (exact) mass is 419 g/mol. The minimum Gasteiger partial charge on any atom is -0.550 e. The van der Waals surface area contributed by atoms with E-state index in [9.17, 15) is 14.7 Å². The zero-order chi connectivity index (χ0) is 21.1. The van der Waals surface area contributed by atoms with Gasteiger partial charge in [0.15, 0.2) is 11.5 Å². The Morgan fingerprint density at radius 3 is 2.69 bits per heavy atom. The highest BCUT2D eigenvalue weighted by molar-refractivity contribution is 7.09. The van der Waals surface area contributed by atoms with Gasteiger partial charge in [0.05, 0.1) is 25.3 Å². The number of amides is 1. The summed E-state index contributed by atoms with van der Waals surface area (Å²) in [5, 5.41) is 15.7. The molecule has 7 nitrogen and oxygen atoms in total. The molecule has 0 aliphatic carbocycles. The summed E-state index contributed by atoms with van der Waals surface area (Å²) in [5.74, 6) is 0.00949. The molecular weight excluding hydrogens is 392 g/mol. The van der Waals surface area contributed by atoms with Crippen molar-refractivity contribution >= 4 is 23.2 Å². The minimum absolute atomic E-state index is 0.106. The van der Waals surface area contributed by atoms with Gasteiger partial charge in [0.1, 0.15) is 5.01 Å². The van der Waals surface area contributed by atoms with Crippen molar-refractivity contribution in [1.82, 2.24) is 10.3 Å². The maximum atomic E-state index is 12.2. The van der Waals surface area contributed by atoms with Gasteiger partial charge in [-0.2, -0.15) is 0 Å². The number of rotatable bonds is 13. The Bertz CT molecular complexity index is 806. The number of carboxylic acids is 1. The summed E-state index contributed by atoms with van der Waals surface area (Å²) < 4.78 is 11.5. The number of carbonyl (C=O) groups is 2. The molecule has 158 valence electrons. The normalized spacial score (nSPS) is 10.6. The van der Waals surface area contributed by atoms with Gasteiger partial charge in [-0.05, 0) is 31.0 Å². The topological polar surface area (TPSA) is 101 Å². The molecule has 1 N–H and O–H groups in total. The van der Waals surface area contributed by atoms with E-state index in [-0.39, 0.29) is 18.7 Å². The summed E-state index contributed by atoms with van der Waals surface area (Å²) in [7, 11) is 0. The first kappa shape index (κ1) is 22.7. The van der Waals surface area contributed by atoms with Crippen LogP contribution in [0.5, 0.6) is 11.5 Å². The Kier molecular flexibility index (Phi) is 9.43. The number of aromatic nitrogens is 1. The zero-order valence-corrected chi connectivity index (χ0v) is 17.7. The van der Waals surface area contributed by atoms with Crippen LogP contribution >= 0.6 is 11.3 Å². The predicted octanol–water partition coefficient (Wildman–Crippen LogP) is 2.26. The van der Waals surface area contributed by atoms with Crippen LogP contribution in [0, 0.1) is 0 Å². The molecule has 0 radical (unpaired) electrons. The summed E-state index contributed by atoms with van der Waals surface area (Å²) in [4.78, 5) is 26.9. The Hall–Kier alpha value is -2.61. The number of hydrogen-bond donors (Lipinski definition) is 1. The first-order valence-corrected chi connectivity index (χ1v) is 10.7. The van der Waals surface area contributed by atoms with Crippen molar-refractivity contribution in [2.24, 2.45) is 0 Å². The number of hydrogen-bond acceptors (Lipinski definition) is 7. The number of unbranched alkanes of at least 4 members (excludes halogenated alkanes) is 2. The van der Waals surface area contributed by atoms with Gasteiger partial charge in [-0.3, -0.25) is 4.79 Å². The van der Waals surface area contributed by atoms with Crippen molar-refractivity contribution in [3.8, 4) is 11.5 Å². The van der Waals surface area contributed by atoms with Gasteiger partial charge >= 0.3 is 0 Å². The maximum absolute atomic E-state index is 12.2. The molecule has 2 aromatic rings. The number of carbonyl (C=O) groups excluding carboxylic acids is 2. The highest BCUT2D eigenvalue weighted by Gasteiger charge is 2.10. The lowest BCUT2D eigenvalue weighted by Crippen LogP contribution is -2.25. The molecule has 0 aliphatic heterocycles. The molecule has 1 heterocycles. The summed E-state index contributed by atoms with van der Waals surface area (Å²) in [6.07, 6.45) is 3.13. The fourth-order valence-corrected chi connectivity index (χ4v) is 3.44. The van der Waals surface area contributed by atoms with E-state index in [1.165, 1.54) is 11.3 Å². The number of nitrogens with one attached hydrogen (secondary N) is 1. The molecule has 0 saturated heterocycles. The second-order valence-corrected chi connectivity index (χ2v) is 7.45. The molecule has 8 heteroatoms. The number of benzene rings is 1. The van der Waals surface area contributed by atoms with Gasteiger partial charge in [0.25, 0.3) is 0 Å². The quantitative estimate of drug-likeness (QED) is 0.500. The van der Waals surface area contributed by atoms with E-state index in [0.29, 0.717) is 42.0 Å². The number of nitrogens with zero attached hydrogens (tertiary/aromatic N) is 1. The summed E-state index contributed by atoms with van der Waals surface area (Å²) in [6.45, 7) is 5.59.